The van der Waals surface area contributed by atoms with E-state index in [9.17, 15) is 4.79 Å². The SMILES string of the molecule is COc1c(C(=O)NCc2cc3cc(Cl)cc(Cn4cnc5c(N)ncnc54)c3[nH]2)cnc2c1c(C)nn2C. The number of fused-ring (bicyclic) bond motifs is 3. The molecule has 1 amide bonds. The highest BCUT2D eigenvalue weighted by Gasteiger charge is 2.21. The number of hydrogen-bond acceptors (Lipinski definition) is 8. The van der Waals surface area contributed by atoms with Crippen LogP contribution in [0.5, 0.6) is 5.75 Å². The third-order valence-electron chi connectivity index (χ3n) is 6.47. The number of rotatable bonds is 6. The van der Waals surface area contributed by atoms with Crippen LogP contribution in [0.3, 0.4) is 0 Å². The number of nitrogens with zero attached hydrogens (tertiary/aromatic N) is 7. The predicted octanol–water partition coefficient (Wildman–Crippen LogP) is 3.12. The molecule has 5 aromatic heterocycles. The van der Waals surface area contributed by atoms with Crippen LogP contribution in [-0.2, 0) is 20.1 Å². The fourth-order valence-corrected chi connectivity index (χ4v) is 5.03. The number of aromatic amines is 1. The molecular formula is C25H23ClN10O2. The number of ether oxygens (including phenoxy) is 1. The van der Waals surface area contributed by atoms with Gasteiger partial charge in [0.25, 0.3) is 5.91 Å². The summed E-state index contributed by atoms with van der Waals surface area (Å²) in [4.78, 5) is 33.6. The van der Waals surface area contributed by atoms with Crippen molar-refractivity contribution in [2.45, 2.75) is 20.0 Å². The number of carbonyl (C=O) groups excluding carboxylic acids is 1. The van der Waals surface area contributed by atoms with Gasteiger partial charge in [-0.2, -0.15) is 5.10 Å². The number of benzene rings is 1. The molecule has 0 atom stereocenters. The highest BCUT2D eigenvalue weighted by atomic mass is 35.5. The van der Waals surface area contributed by atoms with Crippen LogP contribution in [0.15, 0.2) is 37.1 Å². The van der Waals surface area contributed by atoms with Gasteiger partial charge >= 0.3 is 0 Å². The maximum Gasteiger partial charge on any atom is 0.256 e. The Morgan fingerprint density at radius 2 is 2.03 bits per heavy atom. The number of nitrogens with two attached hydrogens (primary N) is 1. The number of halogens is 1. The number of aromatic nitrogens is 8. The summed E-state index contributed by atoms with van der Waals surface area (Å²) in [5.74, 6) is 0.465. The van der Waals surface area contributed by atoms with E-state index in [1.165, 1.54) is 19.6 Å². The van der Waals surface area contributed by atoms with Crippen molar-refractivity contribution in [2.24, 2.45) is 7.05 Å². The van der Waals surface area contributed by atoms with Gasteiger partial charge in [-0.25, -0.2) is 19.9 Å². The van der Waals surface area contributed by atoms with Gasteiger partial charge in [-0.1, -0.05) is 11.6 Å². The maximum absolute atomic E-state index is 13.1. The summed E-state index contributed by atoms with van der Waals surface area (Å²) in [5.41, 5.74) is 11.5. The molecule has 1 aromatic carbocycles. The molecule has 0 fully saturated rings. The van der Waals surface area contributed by atoms with Crippen LogP contribution in [0, 0.1) is 6.92 Å². The topological polar surface area (TPSA) is 154 Å². The van der Waals surface area contributed by atoms with Gasteiger partial charge in [0.05, 0.1) is 43.1 Å². The Balaban J connectivity index is 1.28. The summed E-state index contributed by atoms with van der Waals surface area (Å²) in [6.45, 7) is 2.58. The van der Waals surface area contributed by atoms with Crippen LogP contribution in [0.4, 0.5) is 5.82 Å². The summed E-state index contributed by atoms with van der Waals surface area (Å²) < 4.78 is 9.14. The normalized spacial score (nSPS) is 11.6. The van der Waals surface area contributed by atoms with E-state index in [1.807, 2.05) is 29.7 Å². The number of pyridine rings is 1. The molecule has 0 aliphatic rings. The first-order valence-electron chi connectivity index (χ1n) is 11.7. The van der Waals surface area contributed by atoms with Crippen molar-refractivity contribution in [3.05, 3.63) is 64.6 Å². The number of hydrogen-bond donors (Lipinski definition) is 3. The Bertz CT molecular complexity index is 1870. The van der Waals surface area contributed by atoms with Crippen LogP contribution >= 0.6 is 11.6 Å². The number of anilines is 1. The molecule has 12 nitrogen and oxygen atoms in total. The first kappa shape index (κ1) is 23.7. The molecule has 0 spiro atoms. The molecule has 0 bridgehead atoms. The highest BCUT2D eigenvalue weighted by Crippen LogP contribution is 2.31. The van der Waals surface area contributed by atoms with Crippen LogP contribution in [0.25, 0.3) is 33.1 Å². The molecule has 13 heteroatoms. The van der Waals surface area contributed by atoms with Crippen LogP contribution < -0.4 is 15.8 Å². The second-order valence-electron chi connectivity index (χ2n) is 8.92. The third kappa shape index (κ3) is 3.86. The summed E-state index contributed by atoms with van der Waals surface area (Å²) in [6, 6.07) is 5.72. The van der Waals surface area contributed by atoms with Crippen molar-refractivity contribution in [3.8, 4) is 5.75 Å². The number of H-pyrrole nitrogens is 1. The van der Waals surface area contributed by atoms with Crippen molar-refractivity contribution < 1.29 is 9.53 Å². The molecule has 6 rings (SSSR count). The molecule has 6 aromatic rings. The molecule has 0 radical (unpaired) electrons. The lowest BCUT2D eigenvalue weighted by atomic mass is 10.1. The first-order valence-corrected chi connectivity index (χ1v) is 12.1. The number of nitrogen functional groups attached to an aromatic ring is 1. The Morgan fingerprint density at radius 1 is 1.18 bits per heavy atom. The van der Waals surface area contributed by atoms with Gasteiger partial charge in [0.2, 0.25) is 0 Å². The van der Waals surface area contributed by atoms with Crippen molar-refractivity contribution in [2.75, 3.05) is 12.8 Å². The van der Waals surface area contributed by atoms with E-state index >= 15 is 0 Å². The zero-order valence-corrected chi connectivity index (χ0v) is 21.5. The Hall–Kier alpha value is -4.71. The fraction of sp³-hybridized carbons (Fsp3) is 0.200. The lowest BCUT2D eigenvalue weighted by molar-refractivity contribution is 0.0947. The van der Waals surface area contributed by atoms with Crippen molar-refractivity contribution in [1.82, 2.24) is 44.6 Å². The Kier molecular flexibility index (Phi) is 5.60. The molecule has 0 saturated heterocycles. The molecule has 0 saturated carbocycles. The molecule has 0 aliphatic heterocycles. The Labute approximate surface area is 220 Å². The molecule has 0 aliphatic carbocycles. The van der Waals surface area contributed by atoms with Gasteiger partial charge in [-0.3, -0.25) is 9.48 Å². The average Bonchev–Trinajstić information content (AvgIpc) is 3.58. The van der Waals surface area contributed by atoms with E-state index in [4.69, 9.17) is 22.1 Å². The first-order chi connectivity index (χ1) is 18.3. The number of methoxy groups -OCH3 is 1. The van der Waals surface area contributed by atoms with E-state index in [0.717, 1.165) is 27.9 Å². The molecular weight excluding hydrogens is 508 g/mol. The molecule has 5 heterocycles. The lowest BCUT2D eigenvalue weighted by Gasteiger charge is -2.10. The van der Waals surface area contributed by atoms with Gasteiger partial charge in [0, 0.05) is 29.3 Å². The number of imidazole rings is 1. The third-order valence-corrected chi connectivity index (χ3v) is 6.69. The van der Waals surface area contributed by atoms with Gasteiger partial charge in [-0.05, 0) is 30.7 Å². The molecule has 38 heavy (non-hydrogen) atoms. The van der Waals surface area contributed by atoms with Gasteiger partial charge in [-0.15, -0.1) is 0 Å². The lowest BCUT2D eigenvalue weighted by Crippen LogP contribution is -2.23. The minimum atomic E-state index is -0.307. The molecule has 4 N–H and O–H groups in total. The number of amides is 1. The summed E-state index contributed by atoms with van der Waals surface area (Å²) in [5, 5.41) is 9.57. The second-order valence-corrected chi connectivity index (χ2v) is 9.36. The standard InChI is InChI=1S/C25H23ClN10O2/c1-12-18-21(38-3)17(8-28-23(18)35(2)34-12)25(37)29-7-16-6-13-4-15(26)5-14(19(13)33-16)9-36-11-32-20-22(27)30-10-31-24(20)36/h4-6,8,10-11,33H,7,9H2,1-3H3,(H,29,37)(H2,27,30,31). The quantitative estimate of drug-likeness (QED) is 0.297. The van der Waals surface area contributed by atoms with Gasteiger partial charge in [0.1, 0.15) is 23.2 Å². The zero-order valence-electron chi connectivity index (χ0n) is 20.8. The van der Waals surface area contributed by atoms with Crippen LogP contribution in [0.2, 0.25) is 5.02 Å². The molecule has 192 valence electrons. The van der Waals surface area contributed by atoms with Crippen LogP contribution in [0.1, 0.15) is 27.3 Å². The van der Waals surface area contributed by atoms with E-state index < -0.39 is 0 Å². The van der Waals surface area contributed by atoms with Crippen molar-refractivity contribution >= 4 is 56.4 Å². The van der Waals surface area contributed by atoms with Crippen LogP contribution in [-0.4, -0.2) is 52.3 Å². The maximum atomic E-state index is 13.1. The molecule has 0 unspecified atom stereocenters. The van der Waals surface area contributed by atoms with Gasteiger partial charge < -0.3 is 25.3 Å². The average molecular weight is 531 g/mol. The van der Waals surface area contributed by atoms with Crippen molar-refractivity contribution in [1.29, 1.82) is 0 Å². The minimum absolute atomic E-state index is 0.259. The smallest absolute Gasteiger partial charge is 0.256 e. The number of aryl methyl sites for hydroxylation is 2. The minimum Gasteiger partial charge on any atom is -0.495 e. The number of carbonyl (C=O) groups is 1. The largest absolute Gasteiger partial charge is 0.495 e. The number of nitrogens with one attached hydrogen (secondary N) is 2. The predicted molar refractivity (Wildman–Crippen MR) is 143 cm³/mol. The summed E-state index contributed by atoms with van der Waals surface area (Å²) in [7, 11) is 3.33. The van der Waals surface area contributed by atoms with E-state index in [2.05, 4.69) is 35.3 Å². The second kappa shape index (κ2) is 8.99. The highest BCUT2D eigenvalue weighted by molar-refractivity contribution is 6.31. The fourth-order valence-electron chi connectivity index (χ4n) is 4.78. The summed E-state index contributed by atoms with van der Waals surface area (Å²) >= 11 is 6.44. The monoisotopic (exact) mass is 530 g/mol. The van der Waals surface area contributed by atoms with E-state index in [1.54, 1.807) is 18.1 Å². The van der Waals surface area contributed by atoms with Gasteiger partial charge in [0.15, 0.2) is 17.1 Å². The van der Waals surface area contributed by atoms with E-state index in [0.29, 0.717) is 50.9 Å². The zero-order chi connectivity index (χ0) is 26.6. The van der Waals surface area contributed by atoms with E-state index in [-0.39, 0.29) is 12.5 Å². The summed E-state index contributed by atoms with van der Waals surface area (Å²) in [6.07, 6.45) is 4.60. The Morgan fingerprint density at radius 3 is 2.84 bits per heavy atom. The van der Waals surface area contributed by atoms with Crippen molar-refractivity contribution in [3.63, 3.8) is 0 Å².